The second-order valence-electron chi connectivity index (χ2n) is 6.24. The van der Waals surface area contributed by atoms with E-state index in [9.17, 15) is 14.4 Å². The van der Waals surface area contributed by atoms with Crippen LogP contribution in [0.4, 0.5) is 0 Å². The van der Waals surface area contributed by atoms with E-state index in [1.54, 1.807) is 62.4 Å². The number of esters is 1. The first kappa shape index (κ1) is 20.9. The summed E-state index contributed by atoms with van der Waals surface area (Å²) in [6, 6.07) is 11.7. The number of Topliss-reactive ketones (excluding diaryl/α,β-unsaturated/α-hetero) is 1. The Hall–Kier alpha value is -2.37. The molecule has 142 valence electrons. The summed E-state index contributed by atoms with van der Waals surface area (Å²) in [6.07, 6.45) is 0. The Morgan fingerprint density at radius 1 is 0.889 bits per heavy atom. The monoisotopic (exact) mass is 407 g/mol. The van der Waals surface area contributed by atoms with E-state index < -0.39 is 24.5 Å². The Kier molecular flexibility index (Phi) is 7.39. The third kappa shape index (κ3) is 6.08. The van der Waals surface area contributed by atoms with E-state index >= 15 is 0 Å². The minimum Gasteiger partial charge on any atom is -0.456 e. The molecule has 2 aromatic rings. The van der Waals surface area contributed by atoms with E-state index in [0.717, 1.165) is 0 Å². The fourth-order valence-corrected chi connectivity index (χ4v) is 2.52. The van der Waals surface area contributed by atoms with E-state index in [2.05, 4.69) is 5.32 Å². The number of ketones is 1. The highest BCUT2D eigenvalue weighted by molar-refractivity contribution is 6.31. The van der Waals surface area contributed by atoms with Gasteiger partial charge in [0.25, 0.3) is 5.91 Å². The van der Waals surface area contributed by atoms with Crippen LogP contribution in [0.25, 0.3) is 0 Å². The summed E-state index contributed by atoms with van der Waals surface area (Å²) in [6.45, 7) is 3.13. The van der Waals surface area contributed by atoms with E-state index in [4.69, 9.17) is 27.9 Å². The zero-order chi connectivity index (χ0) is 20.0. The molecule has 0 aliphatic rings. The van der Waals surface area contributed by atoms with Gasteiger partial charge >= 0.3 is 5.97 Å². The SMILES string of the molecule is CC(C)[C@@H](NC(=O)c1ccc(Cl)cc1)C(=O)OCC(=O)c1ccc(Cl)cc1. The quantitative estimate of drug-likeness (QED) is 0.551. The van der Waals surface area contributed by atoms with Gasteiger partial charge in [-0.05, 0) is 54.4 Å². The van der Waals surface area contributed by atoms with Crippen LogP contribution < -0.4 is 5.32 Å². The predicted octanol–water partition coefficient (Wildman–Crippen LogP) is 4.17. The Bertz CT molecular complexity index is 817. The van der Waals surface area contributed by atoms with Gasteiger partial charge in [-0.1, -0.05) is 37.0 Å². The van der Waals surface area contributed by atoms with E-state index in [1.165, 1.54) is 0 Å². The number of nitrogens with one attached hydrogen (secondary N) is 1. The predicted molar refractivity (Wildman–Crippen MR) is 104 cm³/mol. The standard InChI is InChI=1S/C20H19Cl2NO4/c1-12(2)18(23-19(25)14-5-9-16(22)10-6-14)20(26)27-11-17(24)13-3-7-15(21)8-4-13/h3-10,12,18H,11H2,1-2H3,(H,23,25)/t18-/m1/s1. The van der Waals surface area contributed by atoms with Gasteiger partial charge in [-0.25, -0.2) is 4.79 Å². The minimum atomic E-state index is -0.883. The average Bonchev–Trinajstić information content (AvgIpc) is 2.64. The van der Waals surface area contributed by atoms with Gasteiger partial charge in [-0.2, -0.15) is 0 Å². The summed E-state index contributed by atoms with van der Waals surface area (Å²) in [4.78, 5) is 36.8. The van der Waals surface area contributed by atoms with Crippen molar-refractivity contribution in [2.24, 2.45) is 5.92 Å². The number of rotatable bonds is 7. The molecule has 0 aliphatic carbocycles. The van der Waals surface area contributed by atoms with Crippen molar-refractivity contribution in [1.82, 2.24) is 5.32 Å². The van der Waals surface area contributed by atoms with E-state index in [-0.39, 0.29) is 11.7 Å². The van der Waals surface area contributed by atoms with Gasteiger partial charge in [0, 0.05) is 21.2 Å². The summed E-state index contributed by atoms with van der Waals surface area (Å²) >= 11 is 11.6. The number of carbonyl (C=O) groups excluding carboxylic acids is 3. The van der Waals surface area contributed by atoms with Crippen molar-refractivity contribution in [1.29, 1.82) is 0 Å². The number of hydrogen-bond acceptors (Lipinski definition) is 4. The van der Waals surface area contributed by atoms with E-state index in [0.29, 0.717) is 21.2 Å². The van der Waals surface area contributed by atoms with Crippen LogP contribution in [-0.4, -0.2) is 30.3 Å². The van der Waals surface area contributed by atoms with Crippen LogP contribution in [0, 0.1) is 5.92 Å². The molecule has 1 atom stereocenters. The Morgan fingerprint density at radius 2 is 1.37 bits per heavy atom. The fraction of sp³-hybridized carbons (Fsp3) is 0.250. The lowest BCUT2D eigenvalue weighted by Gasteiger charge is -2.20. The molecule has 0 saturated heterocycles. The molecule has 0 unspecified atom stereocenters. The fourth-order valence-electron chi connectivity index (χ4n) is 2.27. The number of benzene rings is 2. The zero-order valence-corrected chi connectivity index (χ0v) is 16.4. The van der Waals surface area contributed by atoms with Gasteiger partial charge in [0.2, 0.25) is 0 Å². The third-order valence-electron chi connectivity index (χ3n) is 3.83. The maximum Gasteiger partial charge on any atom is 0.329 e. The number of hydrogen-bond donors (Lipinski definition) is 1. The molecule has 7 heteroatoms. The molecule has 0 bridgehead atoms. The molecule has 2 aromatic carbocycles. The van der Waals surface area contributed by atoms with Crippen molar-refractivity contribution in [3.63, 3.8) is 0 Å². The van der Waals surface area contributed by atoms with Crippen LogP contribution in [0.5, 0.6) is 0 Å². The molecule has 0 aromatic heterocycles. The molecule has 0 heterocycles. The second kappa shape index (κ2) is 9.53. The van der Waals surface area contributed by atoms with Gasteiger partial charge in [-0.3, -0.25) is 9.59 Å². The van der Waals surface area contributed by atoms with Gasteiger partial charge in [-0.15, -0.1) is 0 Å². The van der Waals surface area contributed by atoms with Gasteiger partial charge in [0.1, 0.15) is 6.04 Å². The molecular formula is C20H19Cl2NO4. The van der Waals surface area contributed by atoms with Crippen molar-refractivity contribution >= 4 is 40.9 Å². The second-order valence-corrected chi connectivity index (χ2v) is 7.11. The van der Waals surface area contributed by atoms with Gasteiger partial charge in [0.05, 0.1) is 0 Å². The highest BCUT2D eigenvalue weighted by atomic mass is 35.5. The topological polar surface area (TPSA) is 72.5 Å². The van der Waals surface area contributed by atoms with Crippen LogP contribution in [-0.2, 0) is 9.53 Å². The summed E-state index contributed by atoms with van der Waals surface area (Å²) in [7, 11) is 0. The van der Waals surface area contributed by atoms with Crippen LogP contribution in [0.3, 0.4) is 0 Å². The lowest BCUT2D eigenvalue weighted by molar-refractivity contribution is -0.145. The molecule has 1 N–H and O–H groups in total. The number of carbonyl (C=O) groups is 3. The Balaban J connectivity index is 1.97. The average molecular weight is 408 g/mol. The van der Waals surface area contributed by atoms with Gasteiger partial charge in [0.15, 0.2) is 12.4 Å². The number of ether oxygens (including phenoxy) is 1. The van der Waals surface area contributed by atoms with Crippen molar-refractivity contribution in [2.75, 3.05) is 6.61 Å². The maximum atomic E-state index is 12.4. The first-order valence-corrected chi connectivity index (χ1v) is 9.05. The normalized spacial score (nSPS) is 11.7. The van der Waals surface area contributed by atoms with Crippen LogP contribution in [0.1, 0.15) is 34.6 Å². The lowest BCUT2D eigenvalue weighted by Crippen LogP contribution is -2.45. The molecular weight excluding hydrogens is 389 g/mol. The largest absolute Gasteiger partial charge is 0.456 e. The maximum absolute atomic E-state index is 12.4. The third-order valence-corrected chi connectivity index (χ3v) is 4.33. The molecule has 5 nitrogen and oxygen atoms in total. The zero-order valence-electron chi connectivity index (χ0n) is 14.9. The first-order valence-electron chi connectivity index (χ1n) is 8.29. The smallest absolute Gasteiger partial charge is 0.329 e. The summed E-state index contributed by atoms with van der Waals surface area (Å²) in [5, 5.41) is 3.65. The van der Waals surface area contributed by atoms with Crippen LogP contribution >= 0.6 is 23.2 Å². The van der Waals surface area contributed by atoms with Crippen LogP contribution in [0.2, 0.25) is 10.0 Å². The summed E-state index contributed by atoms with van der Waals surface area (Å²) in [5.74, 6) is -1.67. The van der Waals surface area contributed by atoms with Crippen molar-refractivity contribution in [3.05, 3.63) is 69.7 Å². The van der Waals surface area contributed by atoms with Crippen molar-refractivity contribution < 1.29 is 19.1 Å². The minimum absolute atomic E-state index is 0.223. The molecule has 0 saturated carbocycles. The molecule has 0 aliphatic heterocycles. The van der Waals surface area contributed by atoms with Crippen molar-refractivity contribution in [3.8, 4) is 0 Å². The highest BCUT2D eigenvalue weighted by Gasteiger charge is 2.27. The molecule has 0 spiro atoms. The molecule has 2 rings (SSSR count). The number of amides is 1. The molecule has 1 amide bonds. The summed E-state index contributed by atoms with van der Waals surface area (Å²) < 4.78 is 5.11. The van der Waals surface area contributed by atoms with Gasteiger partial charge < -0.3 is 10.1 Å². The molecule has 0 fully saturated rings. The van der Waals surface area contributed by atoms with E-state index in [1.807, 2.05) is 0 Å². The van der Waals surface area contributed by atoms with Crippen molar-refractivity contribution in [2.45, 2.75) is 19.9 Å². The lowest BCUT2D eigenvalue weighted by atomic mass is 10.0. The highest BCUT2D eigenvalue weighted by Crippen LogP contribution is 2.12. The van der Waals surface area contributed by atoms with Crippen LogP contribution in [0.15, 0.2) is 48.5 Å². The molecule has 27 heavy (non-hydrogen) atoms. The number of halogens is 2. The Morgan fingerprint density at radius 3 is 1.85 bits per heavy atom. The molecule has 0 radical (unpaired) electrons. The summed E-state index contributed by atoms with van der Waals surface area (Å²) in [5.41, 5.74) is 0.758. The first-order chi connectivity index (χ1) is 12.8. The Labute approximate surface area is 167 Å².